The molecule has 0 aliphatic heterocycles. The van der Waals surface area contributed by atoms with E-state index in [-0.39, 0.29) is 29.3 Å². The van der Waals surface area contributed by atoms with E-state index in [1.54, 1.807) is 7.11 Å². The number of carbonyl (C=O) groups is 1. The van der Waals surface area contributed by atoms with Crippen LogP contribution in [-0.4, -0.2) is 23.1 Å². The molecule has 2 aromatic carbocycles. The van der Waals surface area contributed by atoms with E-state index < -0.39 is 0 Å². The molecule has 0 amide bonds. The smallest absolute Gasteiger partial charge is 0.170 e. The van der Waals surface area contributed by atoms with E-state index >= 15 is 0 Å². The Morgan fingerprint density at radius 3 is 2.20 bits per heavy atom. The summed E-state index contributed by atoms with van der Waals surface area (Å²) in [6, 6.07) is 11.7. The molecule has 0 aromatic heterocycles. The Morgan fingerprint density at radius 2 is 1.65 bits per heavy atom. The first kappa shape index (κ1) is 13.9. The Bertz CT molecular complexity index is 582. The van der Waals surface area contributed by atoms with Crippen LogP contribution in [-0.2, 0) is 6.42 Å². The number of hydrogen-bond donors (Lipinski definition) is 2. The molecular formula is C16H16O4. The lowest BCUT2D eigenvalue weighted by Crippen LogP contribution is -2.02. The first-order chi connectivity index (χ1) is 9.61. The second kappa shape index (κ2) is 6.10. The first-order valence-corrected chi connectivity index (χ1v) is 6.29. The third-order valence-electron chi connectivity index (χ3n) is 3.10. The minimum Gasteiger partial charge on any atom is -0.507 e. The lowest BCUT2D eigenvalue weighted by Gasteiger charge is -2.06. The number of ketones is 1. The van der Waals surface area contributed by atoms with Crippen molar-refractivity contribution in [3.05, 3.63) is 53.6 Å². The normalized spacial score (nSPS) is 10.2. The van der Waals surface area contributed by atoms with Crippen LogP contribution in [0, 0.1) is 0 Å². The average Bonchev–Trinajstić information content (AvgIpc) is 2.45. The Balaban J connectivity index is 2.05. The van der Waals surface area contributed by atoms with Gasteiger partial charge in [-0.1, -0.05) is 18.2 Å². The molecule has 0 heterocycles. The van der Waals surface area contributed by atoms with Crippen molar-refractivity contribution >= 4 is 5.78 Å². The standard InChI is InChI=1S/C16H16O4/c1-20-12-8-5-11(6-9-12)7-10-15(19)16-13(17)3-2-4-14(16)18/h2-6,8-9,17-18H,7,10H2,1H3. The highest BCUT2D eigenvalue weighted by Crippen LogP contribution is 2.28. The third kappa shape index (κ3) is 3.09. The van der Waals surface area contributed by atoms with Crippen molar-refractivity contribution in [2.45, 2.75) is 12.8 Å². The van der Waals surface area contributed by atoms with E-state index in [2.05, 4.69) is 0 Å². The van der Waals surface area contributed by atoms with Gasteiger partial charge in [-0.3, -0.25) is 4.79 Å². The van der Waals surface area contributed by atoms with Gasteiger partial charge in [-0.05, 0) is 36.2 Å². The van der Waals surface area contributed by atoms with Crippen molar-refractivity contribution < 1.29 is 19.7 Å². The third-order valence-corrected chi connectivity index (χ3v) is 3.10. The summed E-state index contributed by atoms with van der Waals surface area (Å²) in [5, 5.41) is 19.3. The highest BCUT2D eigenvalue weighted by molar-refractivity contribution is 6.01. The summed E-state index contributed by atoms with van der Waals surface area (Å²) in [6.07, 6.45) is 0.758. The summed E-state index contributed by atoms with van der Waals surface area (Å²) < 4.78 is 5.06. The second-order valence-corrected chi connectivity index (χ2v) is 4.44. The van der Waals surface area contributed by atoms with Crippen molar-refractivity contribution in [2.24, 2.45) is 0 Å². The average molecular weight is 272 g/mol. The minimum absolute atomic E-state index is 0.0130. The minimum atomic E-state index is -0.281. The van der Waals surface area contributed by atoms with Crippen LogP contribution in [0.1, 0.15) is 22.3 Å². The van der Waals surface area contributed by atoms with Gasteiger partial charge in [-0.15, -0.1) is 0 Å². The number of Topliss-reactive ketones (excluding diaryl/α,β-unsaturated/α-hetero) is 1. The molecule has 4 heteroatoms. The summed E-state index contributed by atoms with van der Waals surface area (Å²) in [7, 11) is 1.60. The number of carbonyl (C=O) groups excluding carboxylic acids is 1. The molecule has 0 aliphatic rings. The fourth-order valence-corrected chi connectivity index (χ4v) is 1.99. The summed E-state index contributed by atoms with van der Waals surface area (Å²) in [5.74, 6) is 0.101. The Hall–Kier alpha value is -2.49. The van der Waals surface area contributed by atoms with Crippen LogP contribution in [0.25, 0.3) is 0 Å². The zero-order valence-corrected chi connectivity index (χ0v) is 11.2. The SMILES string of the molecule is COc1ccc(CCC(=O)c2c(O)cccc2O)cc1. The topological polar surface area (TPSA) is 66.8 Å². The van der Waals surface area contributed by atoms with E-state index in [9.17, 15) is 15.0 Å². The van der Waals surface area contributed by atoms with Crippen molar-refractivity contribution in [3.63, 3.8) is 0 Å². The monoisotopic (exact) mass is 272 g/mol. The molecule has 2 aromatic rings. The molecule has 0 atom stereocenters. The number of aromatic hydroxyl groups is 2. The molecule has 0 spiro atoms. The van der Waals surface area contributed by atoms with E-state index in [0.29, 0.717) is 6.42 Å². The predicted molar refractivity (Wildman–Crippen MR) is 75.4 cm³/mol. The maximum atomic E-state index is 12.0. The molecular weight excluding hydrogens is 256 g/mol. The number of ether oxygens (including phenoxy) is 1. The number of phenols is 2. The van der Waals surface area contributed by atoms with E-state index in [1.807, 2.05) is 24.3 Å². The van der Waals surface area contributed by atoms with Gasteiger partial charge >= 0.3 is 0 Å². The van der Waals surface area contributed by atoms with Crippen molar-refractivity contribution in [2.75, 3.05) is 7.11 Å². The predicted octanol–water partition coefficient (Wildman–Crippen LogP) is 2.92. The Morgan fingerprint density at radius 1 is 1.05 bits per heavy atom. The number of hydrogen-bond acceptors (Lipinski definition) is 4. The van der Waals surface area contributed by atoms with Crippen LogP contribution in [0.2, 0.25) is 0 Å². The van der Waals surface area contributed by atoms with Crippen molar-refractivity contribution in [3.8, 4) is 17.2 Å². The van der Waals surface area contributed by atoms with Crippen molar-refractivity contribution in [1.29, 1.82) is 0 Å². The van der Waals surface area contributed by atoms with Gasteiger partial charge in [-0.25, -0.2) is 0 Å². The van der Waals surface area contributed by atoms with Gasteiger partial charge in [0.25, 0.3) is 0 Å². The second-order valence-electron chi connectivity index (χ2n) is 4.44. The number of phenolic OH excluding ortho intramolecular Hbond substituents is 2. The molecule has 0 unspecified atom stereocenters. The fraction of sp³-hybridized carbons (Fsp3) is 0.188. The van der Waals surface area contributed by atoms with Gasteiger partial charge in [-0.2, -0.15) is 0 Å². The van der Waals surface area contributed by atoms with Gasteiger partial charge < -0.3 is 14.9 Å². The van der Waals surface area contributed by atoms with Gasteiger partial charge in [0.15, 0.2) is 5.78 Å². The maximum Gasteiger partial charge on any atom is 0.170 e. The molecule has 0 fully saturated rings. The molecule has 2 rings (SSSR count). The van der Waals surface area contributed by atoms with Crippen LogP contribution in [0.5, 0.6) is 17.2 Å². The van der Waals surface area contributed by atoms with Crippen LogP contribution >= 0.6 is 0 Å². The number of rotatable bonds is 5. The molecule has 4 nitrogen and oxygen atoms in total. The summed E-state index contributed by atoms with van der Waals surface area (Å²) in [4.78, 5) is 12.0. The molecule has 0 aliphatic carbocycles. The maximum absolute atomic E-state index is 12.0. The summed E-state index contributed by atoms with van der Waals surface area (Å²) in [5.41, 5.74) is 0.982. The van der Waals surface area contributed by atoms with Crippen LogP contribution < -0.4 is 4.74 Å². The molecule has 104 valence electrons. The van der Waals surface area contributed by atoms with Gasteiger partial charge in [0.05, 0.1) is 7.11 Å². The molecule has 0 saturated carbocycles. The highest BCUT2D eigenvalue weighted by atomic mass is 16.5. The number of aryl methyl sites for hydroxylation is 1. The Kier molecular flexibility index (Phi) is 4.25. The first-order valence-electron chi connectivity index (χ1n) is 6.29. The molecule has 2 N–H and O–H groups in total. The molecule has 0 radical (unpaired) electrons. The Labute approximate surface area is 117 Å². The summed E-state index contributed by atoms with van der Waals surface area (Å²) >= 11 is 0. The zero-order valence-electron chi connectivity index (χ0n) is 11.2. The van der Waals surface area contributed by atoms with Gasteiger partial charge in [0.2, 0.25) is 0 Å². The number of methoxy groups -OCH3 is 1. The highest BCUT2D eigenvalue weighted by Gasteiger charge is 2.15. The van der Waals surface area contributed by atoms with Gasteiger partial charge in [0.1, 0.15) is 22.8 Å². The molecule has 20 heavy (non-hydrogen) atoms. The lowest BCUT2D eigenvalue weighted by atomic mass is 10.0. The van der Waals surface area contributed by atoms with E-state index in [1.165, 1.54) is 18.2 Å². The quantitative estimate of drug-likeness (QED) is 0.821. The van der Waals surface area contributed by atoms with E-state index in [4.69, 9.17) is 4.74 Å². The summed E-state index contributed by atoms with van der Waals surface area (Å²) in [6.45, 7) is 0. The van der Waals surface area contributed by atoms with Crippen LogP contribution in [0.4, 0.5) is 0 Å². The van der Waals surface area contributed by atoms with Crippen molar-refractivity contribution in [1.82, 2.24) is 0 Å². The molecule has 0 bridgehead atoms. The van der Waals surface area contributed by atoms with E-state index in [0.717, 1.165) is 11.3 Å². The fourth-order valence-electron chi connectivity index (χ4n) is 1.99. The van der Waals surface area contributed by atoms with Gasteiger partial charge in [0, 0.05) is 6.42 Å². The molecule has 0 saturated heterocycles. The largest absolute Gasteiger partial charge is 0.507 e. The van der Waals surface area contributed by atoms with Crippen LogP contribution in [0.3, 0.4) is 0 Å². The van der Waals surface area contributed by atoms with Crippen LogP contribution in [0.15, 0.2) is 42.5 Å². The number of benzene rings is 2. The zero-order chi connectivity index (χ0) is 14.5. The lowest BCUT2D eigenvalue weighted by molar-refractivity contribution is 0.0977.